The molecule has 0 radical (unpaired) electrons. The molecule has 0 aliphatic rings. The maximum absolute atomic E-state index is 11.6. The summed E-state index contributed by atoms with van der Waals surface area (Å²) in [5.74, 6) is 0.601. The van der Waals surface area contributed by atoms with E-state index < -0.39 is 11.7 Å². The molecular formula is C16H24BrNO4. The lowest BCUT2D eigenvalue weighted by atomic mass is 9.95. The Kier molecular flexibility index (Phi) is 7.16. The fraction of sp³-hybridized carbons (Fsp3) is 0.562. The van der Waals surface area contributed by atoms with Gasteiger partial charge in [0.1, 0.15) is 11.4 Å². The highest BCUT2D eigenvalue weighted by Crippen LogP contribution is 2.31. The molecule has 1 atom stereocenters. The zero-order chi connectivity index (χ0) is 16.8. The maximum Gasteiger partial charge on any atom is 0.407 e. The number of hydrogen-bond donors (Lipinski definition) is 2. The molecule has 22 heavy (non-hydrogen) atoms. The first kappa shape index (κ1) is 18.8. The Morgan fingerprint density at radius 3 is 2.64 bits per heavy atom. The van der Waals surface area contributed by atoms with E-state index in [1.807, 2.05) is 39.0 Å². The van der Waals surface area contributed by atoms with Gasteiger partial charge in [-0.15, -0.1) is 0 Å². The van der Waals surface area contributed by atoms with Crippen molar-refractivity contribution in [3.05, 3.63) is 28.2 Å². The van der Waals surface area contributed by atoms with E-state index in [4.69, 9.17) is 9.47 Å². The fourth-order valence-electron chi connectivity index (χ4n) is 2.03. The Hall–Kier alpha value is -1.27. The Balaban J connectivity index is 2.61. The third-order valence-corrected chi connectivity index (χ3v) is 3.51. The molecule has 0 heterocycles. The highest BCUT2D eigenvalue weighted by atomic mass is 79.9. The third-order valence-electron chi connectivity index (χ3n) is 3.02. The number of aliphatic hydroxyl groups is 1. The van der Waals surface area contributed by atoms with Crippen LogP contribution in [0.25, 0.3) is 0 Å². The van der Waals surface area contributed by atoms with E-state index in [1.165, 1.54) is 0 Å². The monoisotopic (exact) mass is 373 g/mol. The summed E-state index contributed by atoms with van der Waals surface area (Å²) in [5, 5.41) is 12.3. The van der Waals surface area contributed by atoms with Gasteiger partial charge in [0, 0.05) is 16.9 Å². The lowest BCUT2D eigenvalue weighted by Crippen LogP contribution is -2.33. The van der Waals surface area contributed by atoms with Gasteiger partial charge in [-0.25, -0.2) is 4.79 Å². The van der Waals surface area contributed by atoms with Gasteiger partial charge in [0.2, 0.25) is 0 Å². The largest absolute Gasteiger partial charge is 0.496 e. The summed E-state index contributed by atoms with van der Waals surface area (Å²) in [4.78, 5) is 11.6. The molecule has 2 N–H and O–H groups in total. The van der Waals surface area contributed by atoms with Crippen molar-refractivity contribution in [2.75, 3.05) is 20.3 Å². The molecule has 0 spiro atoms. The van der Waals surface area contributed by atoms with Crippen molar-refractivity contribution in [1.82, 2.24) is 5.32 Å². The van der Waals surface area contributed by atoms with E-state index in [0.29, 0.717) is 18.7 Å². The molecule has 0 bridgehead atoms. The Morgan fingerprint density at radius 1 is 1.41 bits per heavy atom. The van der Waals surface area contributed by atoms with Gasteiger partial charge in [-0.05, 0) is 44.9 Å². The first-order valence-electron chi connectivity index (χ1n) is 7.18. The second-order valence-electron chi connectivity index (χ2n) is 5.98. The first-order chi connectivity index (χ1) is 10.3. The van der Waals surface area contributed by atoms with E-state index in [0.717, 1.165) is 10.0 Å². The molecule has 0 aliphatic heterocycles. The second-order valence-corrected chi connectivity index (χ2v) is 6.90. The van der Waals surface area contributed by atoms with Crippen LogP contribution in [-0.2, 0) is 4.74 Å². The number of carbonyl (C=O) groups excluding carboxylic acids is 1. The zero-order valence-corrected chi connectivity index (χ0v) is 15.1. The van der Waals surface area contributed by atoms with Crippen LogP contribution in [0, 0.1) is 0 Å². The van der Waals surface area contributed by atoms with Crippen LogP contribution in [0.5, 0.6) is 5.75 Å². The van der Waals surface area contributed by atoms with Crippen molar-refractivity contribution in [1.29, 1.82) is 0 Å². The van der Waals surface area contributed by atoms with Gasteiger partial charge < -0.3 is 19.9 Å². The molecule has 1 aromatic carbocycles. The number of rotatable bonds is 6. The SMILES string of the molecule is COc1cc(Br)ccc1[C@@H](CO)CCNC(=O)OC(C)(C)C. The molecule has 1 amide bonds. The number of carbonyl (C=O) groups is 1. The molecule has 0 fully saturated rings. The Labute approximate surface area is 140 Å². The minimum Gasteiger partial charge on any atom is -0.496 e. The van der Waals surface area contributed by atoms with Gasteiger partial charge in [0.25, 0.3) is 0 Å². The van der Waals surface area contributed by atoms with Gasteiger partial charge in [-0.3, -0.25) is 0 Å². The zero-order valence-electron chi connectivity index (χ0n) is 13.5. The fourth-order valence-corrected chi connectivity index (χ4v) is 2.37. The summed E-state index contributed by atoms with van der Waals surface area (Å²) in [6.45, 7) is 5.84. The number of methoxy groups -OCH3 is 1. The van der Waals surface area contributed by atoms with Crippen molar-refractivity contribution in [2.45, 2.75) is 38.7 Å². The molecule has 0 aliphatic carbocycles. The van der Waals surface area contributed by atoms with Gasteiger partial charge in [0.05, 0.1) is 13.7 Å². The average molecular weight is 374 g/mol. The van der Waals surface area contributed by atoms with E-state index >= 15 is 0 Å². The number of alkyl carbamates (subject to hydrolysis) is 1. The number of aliphatic hydroxyl groups excluding tert-OH is 1. The van der Waals surface area contributed by atoms with Crippen molar-refractivity contribution in [3.63, 3.8) is 0 Å². The van der Waals surface area contributed by atoms with Gasteiger partial charge in [-0.2, -0.15) is 0 Å². The molecule has 0 saturated heterocycles. The van der Waals surface area contributed by atoms with Crippen LogP contribution < -0.4 is 10.1 Å². The van der Waals surface area contributed by atoms with Crippen LogP contribution in [0.15, 0.2) is 22.7 Å². The molecular weight excluding hydrogens is 350 g/mol. The van der Waals surface area contributed by atoms with Crippen LogP contribution in [0.1, 0.15) is 38.7 Å². The summed E-state index contributed by atoms with van der Waals surface area (Å²) < 4.78 is 11.4. The Bertz CT molecular complexity index is 499. The smallest absolute Gasteiger partial charge is 0.407 e. The van der Waals surface area contributed by atoms with Crippen LogP contribution >= 0.6 is 15.9 Å². The number of ether oxygens (including phenoxy) is 2. The molecule has 0 saturated carbocycles. The van der Waals surface area contributed by atoms with Crippen LogP contribution in [0.3, 0.4) is 0 Å². The minimum atomic E-state index is -0.518. The van der Waals surface area contributed by atoms with Crippen molar-refractivity contribution >= 4 is 22.0 Å². The average Bonchev–Trinajstić information content (AvgIpc) is 2.42. The van der Waals surface area contributed by atoms with E-state index in [2.05, 4.69) is 21.2 Å². The summed E-state index contributed by atoms with van der Waals surface area (Å²) in [6, 6.07) is 5.68. The standard InChI is InChI=1S/C16H24BrNO4/c1-16(2,3)22-15(20)18-8-7-11(10-19)13-6-5-12(17)9-14(13)21-4/h5-6,9,11,19H,7-8,10H2,1-4H3,(H,18,20)/t11-/m1/s1. The van der Waals surface area contributed by atoms with Gasteiger partial charge in [-0.1, -0.05) is 22.0 Å². The molecule has 124 valence electrons. The molecule has 0 aromatic heterocycles. The molecule has 0 unspecified atom stereocenters. The third kappa shape index (κ3) is 6.23. The predicted molar refractivity (Wildman–Crippen MR) is 89.4 cm³/mol. The number of benzene rings is 1. The lowest BCUT2D eigenvalue weighted by Gasteiger charge is -2.21. The maximum atomic E-state index is 11.6. The highest BCUT2D eigenvalue weighted by molar-refractivity contribution is 9.10. The topological polar surface area (TPSA) is 67.8 Å². The van der Waals surface area contributed by atoms with E-state index in [9.17, 15) is 9.90 Å². The summed E-state index contributed by atoms with van der Waals surface area (Å²) in [6.07, 6.45) is 0.139. The molecule has 6 heteroatoms. The number of nitrogens with one attached hydrogen (secondary N) is 1. The van der Waals surface area contributed by atoms with Crippen LogP contribution in [0.4, 0.5) is 4.79 Å². The molecule has 1 aromatic rings. The second kappa shape index (κ2) is 8.39. The van der Waals surface area contributed by atoms with Gasteiger partial charge in [0.15, 0.2) is 0 Å². The number of hydrogen-bond acceptors (Lipinski definition) is 4. The van der Waals surface area contributed by atoms with Gasteiger partial charge >= 0.3 is 6.09 Å². The number of amides is 1. The van der Waals surface area contributed by atoms with Crippen LogP contribution in [0.2, 0.25) is 0 Å². The summed E-state index contributed by atoms with van der Waals surface area (Å²) in [7, 11) is 1.60. The van der Waals surface area contributed by atoms with Crippen molar-refractivity contribution in [2.24, 2.45) is 0 Å². The minimum absolute atomic E-state index is 0.0199. The first-order valence-corrected chi connectivity index (χ1v) is 7.97. The molecule has 5 nitrogen and oxygen atoms in total. The highest BCUT2D eigenvalue weighted by Gasteiger charge is 2.18. The summed E-state index contributed by atoms with van der Waals surface area (Å²) in [5.41, 5.74) is 0.397. The van der Waals surface area contributed by atoms with E-state index in [-0.39, 0.29) is 12.5 Å². The van der Waals surface area contributed by atoms with Crippen LogP contribution in [-0.4, -0.2) is 37.1 Å². The number of halogens is 1. The van der Waals surface area contributed by atoms with Crippen molar-refractivity contribution < 1.29 is 19.4 Å². The normalized spacial score (nSPS) is 12.6. The lowest BCUT2D eigenvalue weighted by molar-refractivity contribution is 0.0525. The van der Waals surface area contributed by atoms with Crippen molar-refractivity contribution in [3.8, 4) is 5.75 Å². The Morgan fingerprint density at radius 2 is 2.09 bits per heavy atom. The predicted octanol–water partition coefficient (Wildman–Crippen LogP) is 3.45. The quantitative estimate of drug-likeness (QED) is 0.801. The van der Waals surface area contributed by atoms with E-state index in [1.54, 1.807) is 7.11 Å². The molecule has 1 rings (SSSR count). The summed E-state index contributed by atoms with van der Waals surface area (Å²) >= 11 is 3.39.